The smallest absolute Gasteiger partial charge is 0.311 e. The molecule has 5 heteroatoms. The zero-order valence-corrected chi connectivity index (χ0v) is 17.5. The van der Waals surface area contributed by atoms with Crippen molar-refractivity contribution in [3.05, 3.63) is 71.8 Å². The van der Waals surface area contributed by atoms with Crippen molar-refractivity contribution >= 4 is 11.8 Å². The molecule has 0 radical (unpaired) electrons. The first kappa shape index (κ1) is 20.6. The van der Waals surface area contributed by atoms with E-state index in [1.807, 2.05) is 12.1 Å². The fraction of sp³-hybridized carbons (Fsp3) is 0.440. The average molecular weight is 406 g/mol. The molecular formula is C25H31N3O2. The molecule has 0 aromatic heterocycles. The van der Waals surface area contributed by atoms with Gasteiger partial charge in [0.2, 0.25) is 0 Å². The third-order valence-corrected chi connectivity index (χ3v) is 6.33. The Kier molecular flexibility index (Phi) is 6.80. The molecule has 158 valence electrons. The van der Waals surface area contributed by atoms with Crippen LogP contribution >= 0.6 is 0 Å². The summed E-state index contributed by atoms with van der Waals surface area (Å²) in [5.41, 5.74) is 2.50. The summed E-state index contributed by atoms with van der Waals surface area (Å²) in [6.07, 6.45) is 5.48. The Hall–Kier alpha value is -2.66. The molecule has 2 aliphatic rings. The van der Waals surface area contributed by atoms with Crippen molar-refractivity contribution in [2.75, 3.05) is 26.2 Å². The molecule has 1 N–H and O–H groups in total. The van der Waals surface area contributed by atoms with Gasteiger partial charge < -0.3 is 10.2 Å². The average Bonchev–Trinajstić information content (AvgIpc) is 2.81. The molecule has 2 amide bonds. The highest BCUT2D eigenvalue weighted by molar-refractivity contribution is 6.35. The van der Waals surface area contributed by atoms with Crippen molar-refractivity contribution in [1.82, 2.24) is 15.1 Å². The van der Waals surface area contributed by atoms with E-state index in [9.17, 15) is 9.59 Å². The minimum atomic E-state index is -0.432. The lowest BCUT2D eigenvalue weighted by Gasteiger charge is -2.39. The molecule has 1 aliphatic heterocycles. The van der Waals surface area contributed by atoms with E-state index in [2.05, 4.69) is 58.7 Å². The van der Waals surface area contributed by atoms with Gasteiger partial charge >= 0.3 is 11.8 Å². The Bertz CT molecular complexity index is 786. The van der Waals surface area contributed by atoms with E-state index in [-0.39, 0.29) is 18.0 Å². The molecule has 4 rings (SSSR count). The minimum absolute atomic E-state index is 0.153. The highest BCUT2D eigenvalue weighted by Gasteiger charge is 2.31. The highest BCUT2D eigenvalue weighted by atomic mass is 16.2. The van der Waals surface area contributed by atoms with E-state index < -0.39 is 5.91 Å². The molecule has 1 aliphatic carbocycles. The van der Waals surface area contributed by atoms with Gasteiger partial charge in [0, 0.05) is 32.2 Å². The summed E-state index contributed by atoms with van der Waals surface area (Å²) in [7, 11) is 0. The number of carbonyl (C=O) groups excluding carboxylic acids is 2. The lowest BCUT2D eigenvalue weighted by Crippen LogP contribution is -2.54. The van der Waals surface area contributed by atoms with E-state index in [1.54, 1.807) is 4.90 Å². The highest BCUT2D eigenvalue weighted by Crippen LogP contribution is 2.29. The molecule has 30 heavy (non-hydrogen) atoms. The number of benzene rings is 2. The van der Waals surface area contributed by atoms with Crippen LogP contribution in [0.5, 0.6) is 0 Å². The van der Waals surface area contributed by atoms with Crippen LogP contribution in [0.3, 0.4) is 0 Å². The van der Waals surface area contributed by atoms with Crippen molar-refractivity contribution in [1.29, 1.82) is 0 Å². The molecule has 0 bridgehead atoms. The van der Waals surface area contributed by atoms with Crippen LogP contribution in [0.25, 0.3) is 0 Å². The van der Waals surface area contributed by atoms with Crippen molar-refractivity contribution in [3.8, 4) is 0 Å². The first-order valence-electron chi connectivity index (χ1n) is 11.2. The third-order valence-electron chi connectivity index (χ3n) is 6.33. The molecule has 0 unspecified atom stereocenters. The Balaban J connectivity index is 1.39. The fourth-order valence-electron chi connectivity index (χ4n) is 4.71. The number of piperazine rings is 1. The topological polar surface area (TPSA) is 52.7 Å². The minimum Gasteiger partial charge on any atom is -0.345 e. The van der Waals surface area contributed by atoms with Crippen LogP contribution in [-0.2, 0) is 9.59 Å². The van der Waals surface area contributed by atoms with Gasteiger partial charge in [-0.1, -0.05) is 79.9 Å². The quantitative estimate of drug-likeness (QED) is 0.794. The van der Waals surface area contributed by atoms with Gasteiger partial charge in [-0.3, -0.25) is 14.5 Å². The molecule has 2 aromatic rings. The maximum atomic E-state index is 12.7. The number of hydrogen-bond donors (Lipinski definition) is 1. The predicted molar refractivity (Wildman–Crippen MR) is 118 cm³/mol. The Morgan fingerprint density at radius 1 is 0.767 bits per heavy atom. The van der Waals surface area contributed by atoms with Gasteiger partial charge in [0.25, 0.3) is 0 Å². The van der Waals surface area contributed by atoms with Gasteiger partial charge in [0.1, 0.15) is 0 Å². The van der Waals surface area contributed by atoms with Crippen LogP contribution < -0.4 is 5.32 Å². The maximum absolute atomic E-state index is 12.7. The van der Waals surface area contributed by atoms with Crippen LogP contribution in [0.4, 0.5) is 0 Å². The fourth-order valence-corrected chi connectivity index (χ4v) is 4.71. The molecule has 2 aromatic carbocycles. The molecule has 0 spiro atoms. The molecule has 1 heterocycles. The predicted octanol–water partition coefficient (Wildman–Crippen LogP) is 3.37. The van der Waals surface area contributed by atoms with Crippen LogP contribution in [0, 0.1) is 0 Å². The van der Waals surface area contributed by atoms with Gasteiger partial charge in [-0.15, -0.1) is 0 Å². The summed E-state index contributed by atoms with van der Waals surface area (Å²) in [6.45, 7) is 2.65. The van der Waals surface area contributed by atoms with Crippen LogP contribution in [-0.4, -0.2) is 53.8 Å². The van der Waals surface area contributed by atoms with Gasteiger partial charge in [-0.2, -0.15) is 0 Å². The first-order valence-corrected chi connectivity index (χ1v) is 11.2. The summed E-state index contributed by atoms with van der Waals surface area (Å²) < 4.78 is 0. The van der Waals surface area contributed by atoms with Crippen molar-refractivity contribution in [3.63, 3.8) is 0 Å². The molecule has 1 saturated carbocycles. The SMILES string of the molecule is O=C(NC1CCCCC1)C(=O)N1CCN(C(c2ccccc2)c2ccccc2)CC1. The number of carbonyl (C=O) groups is 2. The Morgan fingerprint density at radius 2 is 1.30 bits per heavy atom. The van der Waals surface area contributed by atoms with E-state index >= 15 is 0 Å². The zero-order valence-electron chi connectivity index (χ0n) is 17.5. The van der Waals surface area contributed by atoms with Gasteiger partial charge in [-0.05, 0) is 24.0 Å². The van der Waals surface area contributed by atoms with Gasteiger partial charge in [-0.25, -0.2) is 0 Å². The monoisotopic (exact) mass is 405 g/mol. The zero-order chi connectivity index (χ0) is 20.8. The second kappa shape index (κ2) is 9.90. The summed E-state index contributed by atoms with van der Waals surface area (Å²) in [6, 6.07) is 21.3. The molecular weight excluding hydrogens is 374 g/mol. The summed E-state index contributed by atoms with van der Waals surface area (Å²) in [4.78, 5) is 29.3. The number of nitrogens with zero attached hydrogens (tertiary/aromatic N) is 2. The van der Waals surface area contributed by atoms with Gasteiger partial charge in [0.15, 0.2) is 0 Å². The number of rotatable bonds is 4. The van der Waals surface area contributed by atoms with Crippen LogP contribution in [0.2, 0.25) is 0 Å². The van der Waals surface area contributed by atoms with E-state index in [1.165, 1.54) is 17.5 Å². The van der Waals surface area contributed by atoms with E-state index in [0.717, 1.165) is 38.8 Å². The van der Waals surface area contributed by atoms with Gasteiger partial charge in [0.05, 0.1) is 6.04 Å². The normalized spacial score (nSPS) is 18.4. The molecule has 0 atom stereocenters. The van der Waals surface area contributed by atoms with Crippen molar-refractivity contribution in [2.24, 2.45) is 0 Å². The molecule has 2 fully saturated rings. The standard InChI is InChI=1S/C25H31N3O2/c29-24(26-22-14-8-3-9-15-22)25(30)28-18-16-27(17-19-28)23(20-10-4-1-5-11-20)21-12-6-2-7-13-21/h1-2,4-7,10-13,22-23H,3,8-9,14-19H2,(H,26,29). The molecule has 1 saturated heterocycles. The summed E-state index contributed by atoms with van der Waals surface area (Å²) in [5.74, 6) is -0.811. The van der Waals surface area contributed by atoms with Crippen LogP contribution in [0.15, 0.2) is 60.7 Å². The summed E-state index contributed by atoms with van der Waals surface area (Å²) in [5, 5.41) is 2.96. The number of hydrogen-bond acceptors (Lipinski definition) is 3. The second-order valence-electron chi connectivity index (χ2n) is 8.36. The first-order chi connectivity index (χ1) is 14.7. The Labute approximate surface area is 179 Å². The maximum Gasteiger partial charge on any atom is 0.311 e. The van der Waals surface area contributed by atoms with Crippen LogP contribution in [0.1, 0.15) is 49.3 Å². The second-order valence-corrected chi connectivity index (χ2v) is 8.36. The Morgan fingerprint density at radius 3 is 1.83 bits per heavy atom. The van der Waals surface area contributed by atoms with E-state index in [0.29, 0.717) is 13.1 Å². The molecule has 5 nitrogen and oxygen atoms in total. The van der Waals surface area contributed by atoms with Crippen molar-refractivity contribution < 1.29 is 9.59 Å². The lowest BCUT2D eigenvalue weighted by molar-refractivity contribution is -0.147. The third kappa shape index (κ3) is 4.90. The van der Waals surface area contributed by atoms with E-state index in [4.69, 9.17) is 0 Å². The largest absolute Gasteiger partial charge is 0.345 e. The number of nitrogens with one attached hydrogen (secondary N) is 1. The van der Waals surface area contributed by atoms with Crippen molar-refractivity contribution in [2.45, 2.75) is 44.2 Å². The summed E-state index contributed by atoms with van der Waals surface area (Å²) >= 11 is 0. The number of amides is 2. The lowest BCUT2D eigenvalue weighted by atomic mass is 9.95.